The van der Waals surface area contributed by atoms with Gasteiger partial charge in [0.2, 0.25) is 5.91 Å². The van der Waals surface area contributed by atoms with Crippen LogP contribution < -0.4 is 10.1 Å². The summed E-state index contributed by atoms with van der Waals surface area (Å²) < 4.78 is 5.89. The Hall–Kier alpha value is -4.11. The lowest BCUT2D eigenvalue weighted by Gasteiger charge is -2.46. The normalized spacial score (nSPS) is 20.4. The molecule has 0 aliphatic carbocycles. The van der Waals surface area contributed by atoms with E-state index in [0.717, 1.165) is 16.7 Å². The van der Waals surface area contributed by atoms with Crippen LogP contribution in [0.4, 0.5) is 0 Å². The van der Waals surface area contributed by atoms with Crippen molar-refractivity contribution in [1.29, 1.82) is 10.7 Å². The molecular weight excluding hydrogens is 400 g/mol. The van der Waals surface area contributed by atoms with Crippen molar-refractivity contribution >= 4 is 11.9 Å². The minimum atomic E-state index is -0.889. The molecule has 160 valence electrons. The van der Waals surface area contributed by atoms with Crippen LogP contribution in [-0.4, -0.2) is 23.8 Å². The van der Waals surface area contributed by atoms with Crippen LogP contribution in [0.2, 0.25) is 0 Å². The van der Waals surface area contributed by atoms with E-state index in [-0.39, 0.29) is 11.9 Å². The lowest BCUT2D eigenvalue weighted by atomic mass is 9.73. The SMILES string of the molecule is CN1C(=N)N[C@](C)(c2cccc(C#N)c2)[C@@H](c2ccc(OCc3ccccc3)cc2)C1=O. The first kappa shape index (κ1) is 21.1. The lowest BCUT2D eigenvalue weighted by molar-refractivity contribution is -0.131. The van der Waals surface area contributed by atoms with Crippen LogP contribution in [0.25, 0.3) is 0 Å². The molecule has 2 atom stereocenters. The summed E-state index contributed by atoms with van der Waals surface area (Å²) in [5.41, 5.74) is 2.27. The van der Waals surface area contributed by atoms with E-state index in [4.69, 9.17) is 10.1 Å². The van der Waals surface area contributed by atoms with Gasteiger partial charge in [0.25, 0.3) is 0 Å². The Kier molecular flexibility index (Phi) is 5.65. The molecule has 0 radical (unpaired) electrons. The molecule has 4 rings (SSSR count). The summed E-state index contributed by atoms with van der Waals surface area (Å²) in [7, 11) is 1.59. The highest BCUT2D eigenvalue weighted by atomic mass is 16.5. The van der Waals surface area contributed by atoms with Gasteiger partial charge >= 0.3 is 0 Å². The maximum absolute atomic E-state index is 13.3. The van der Waals surface area contributed by atoms with Crippen molar-refractivity contribution in [2.75, 3.05) is 7.05 Å². The minimum absolute atomic E-state index is 0.0268. The third-order valence-corrected chi connectivity index (χ3v) is 5.92. The smallest absolute Gasteiger partial charge is 0.239 e. The molecule has 1 heterocycles. The van der Waals surface area contributed by atoms with Crippen molar-refractivity contribution in [2.45, 2.75) is 25.0 Å². The number of benzene rings is 3. The van der Waals surface area contributed by atoms with Gasteiger partial charge in [-0.15, -0.1) is 0 Å². The molecule has 3 aromatic carbocycles. The van der Waals surface area contributed by atoms with E-state index in [1.54, 1.807) is 25.2 Å². The van der Waals surface area contributed by atoms with Gasteiger partial charge < -0.3 is 10.1 Å². The number of hydrogen-bond acceptors (Lipinski definition) is 4. The molecule has 6 nitrogen and oxygen atoms in total. The van der Waals surface area contributed by atoms with Crippen LogP contribution in [0.1, 0.15) is 35.1 Å². The van der Waals surface area contributed by atoms with Crippen LogP contribution in [0.3, 0.4) is 0 Å². The van der Waals surface area contributed by atoms with Crippen LogP contribution >= 0.6 is 0 Å². The fraction of sp³-hybridized carbons (Fsp3) is 0.192. The van der Waals surface area contributed by atoms with E-state index in [2.05, 4.69) is 11.4 Å². The monoisotopic (exact) mass is 424 g/mol. The first-order valence-electron chi connectivity index (χ1n) is 10.3. The van der Waals surface area contributed by atoms with Gasteiger partial charge in [-0.3, -0.25) is 15.1 Å². The van der Waals surface area contributed by atoms with Crippen LogP contribution in [0.5, 0.6) is 5.75 Å². The molecule has 1 aliphatic rings. The zero-order valence-electron chi connectivity index (χ0n) is 18.0. The summed E-state index contributed by atoms with van der Waals surface area (Å²) in [5.74, 6) is -0.0303. The number of hydrogen-bond donors (Lipinski definition) is 2. The molecule has 1 fully saturated rings. The van der Waals surface area contributed by atoms with Gasteiger partial charge in [0.15, 0.2) is 5.96 Å². The molecule has 32 heavy (non-hydrogen) atoms. The van der Waals surface area contributed by atoms with Crippen LogP contribution in [0.15, 0.2) is 78.9 Å². The topological polar surface area (TPSA) is 89.2 Å². The second kappa shape index (κ2) is 8.56. The van der Waals surface area contributed by atoms with Gasteiger partial charge in [0, 0.05) is 7.05 Å². The van der Waals surface area contributed by atoms with Crippen molar-refractivity contribution in [2.24, 2.45) is 0 Å². The van der Waals surface area contributed by atoms with E-state index in [1.165, 1.54) is 4.90 Å². The van der Waals surface area contributed by atoms with E-state index in [0.29, 0.717) is 17.9 Å². The van der Waals surface area contributed by atoms with Crippen molar-refractivity contribution < 1.29 is 9.53 Å². The number of amides is 1. The molecule has 0 spiro atoms. The number of likely N-dealkylation sites (N-methyl/N-ethyl adjacent to an activating group) is 1. The fourth-order valence-corrected chi connectivity index (χ4v) is 4.08. The summed E-state index contributed by atoms with van der Waals surface area (Å²) in [4.78, 5) is 14.6. The fourth-order valence-electron chi connectivity index (χ4n) is 4.08. The molecular formula is C26H24N4O2. The number of guanidine groups is 1. The van der Waals surface area contributed by atoms with Gasteiger partial charge in [-0.1, -0.05) is 54.6 Å². The molecule has 0 bridgehead atoms. The molecule has 1 amide bonds. The number of carbonyl (C=O) groups is 1. The molecule has 0 unspecified atom stereocenters. The number of rotatable bonds is 5. The maximum atomic E-state index is 13.3. The lowest BCUT2D eigenvalue weighted by Crippen LogP contribution is -2.62. The highest BCUT2D eigenvalue weighted by Crippen LogP contribution is 2.41. The van der Waals surface area contributed by atoms with E-state index >= 15 is 0 Å². The van der Waals surface area contributed by atoms with Gasteiger partial charge in [-0.25, -0.2) is 0 Å². The Morgan fingerprint density at radius 2 is 1.81 bits per heavy atom. The van der Waals surface area contributed by atoms with Gasteiger partial charge in [0.05, 0.1) is 23.1 Å². The summed E-state index contributed by atoms with van der Waals surface area (Å²) in [6, 6.07) is 26.7. The quantitative estimate of drug-likeness (QED) is 0.644. The first-order chi connectivity index (χ1) is 15.4. The molecule has 0 saturated carbocycles. The maximum Gasteiger partial charge on any atom is 0.239 e. The summed E-state index contributed by atoms with van der Waals surface area (Å²) in [6.07, 6.45) is 0. The zero-order valence-corrected chi connectivity index (χ0v) is 18.0. The molecule has 6 heteroatoms. The third-order valence-electron chi connectivity index (χ3n) is 5.92. The zero-order chi connectivity index (χ0) is 22.7. The molecule has 1 aliphatic heterocycles. The molecule has 1 saturated heterocycles. The number of nitrogens with zero attached hydrogens (tertiary/aromatic N) is 2. The first-order valence-corrected chi connectivity index (χ1v) is 10.3. The predicted octanol–water partition coefficient (Wildman–Crippen LogP) is 4.13. The Labute approximate surface area is 187 Å². The van der Waals surface area contributed by atoms with Gasteiger partial charge in [-0.2, -0.15) is 5.26 Å². The third kappa shape index (κ3) is 3.93. The minimum Gasteiger partial charge on any atom is -0.489 e. The Morgan fingerprint density at radius 1 is 1.09 bits per heavy atom. The average Bonchev–Trinajstić information content (AvgIpc) is 2.83. The van der Waals surface area contributed by atoms with Crippen molar-refractivity contribution in [3.63, 3.8) is 0 Å². The number of carbonyl (C=O) groups excluding carboxylic acids is 1. The van der Waals surface area contributed by atoms with Crippen LogP contribution in [0, 0.1) is 16.7 Å². The summed E-state index contributed by atoms with van der Waals surface area (Å²) in [5, 5.41) is 20.8. The van der Waals surface area contributed by atoms with E-state index < -0.39 is 11.5 Å². The number of nitrogens with one attached hydrogen (secondary N) is 2. The number of ether oxygens (including phenoxy) is 1. The largest absolute Gasteiger partial charge is 0.489 e. The molecule has 0 aromatic heterocycles. The van der Waals surface area contributed by atoms with Gasteiger partial charge in [0.1, 0.15) is 12.4 Å². The second-order valence-electron chi connectivity index (χ2n) is 8.04. The highest BCUT2D eigenvalue weighted by Gasteiger charge is 2.48. The Balaban J connectivity index is 1.66. The Morgan fingerprint density at radius 3 is 2.50 bits per heavy atom. The second-order valence-corrected chi connectivity index (χ2v) is 8.04. The van der Waals surface area contributed by atoms with E-state index in [9.17, 15) is 10.1 Å². The number of nitriles is 1. The van der Waals surface area contributed by atoms with Crippen LogP contribution in [-0.2, 0) is 16.9 Å². The van der Waals surface area contributed by atoms with Gasteiger partial charge in [-0.05, 0) is 47.9 Å². The average molecular weight is 425 g/mol. The molecule has 3 aromatic rings. The molecule has 2 N–H and O–H groups in total. The summed E-state index contributed by atoms with van der Waals surface area (Å²) in [6.45, 7) is 2.36. The van der Waals surface area contributed by atoms with Crippen molar-refractivity contribution in [1.82, 2.24) is 10.2 Å². The highest BCUT2D eigenvalue weighted by molar-refractivity contribution is 6.02. The van der Waals surface area contributed by atoms with Crippen molar-refractivity contribution in [3.8, 4) is 11.8 Å². The summed E-state index contributed by atoms with van der Waals surface area (Å²) >= 11 is 0. The van der Waals surface area contributed by atoms with E-state index in [1.807, 2.05) is 67.6 Å². The Bertz CT molecular complexity index is 1180. The standard InChI is InChI=1S/C26H24N4O2/c1-26(21-10-6-9-19(15-21)16-27)23(24(31)30(2)25(28)29-26)20-11-13-22(14-12-20)32-17-18-7-4-3-5-8-18/h3-15,23H,17H2,1-2H3,(H2,28,29)/t23-,26+/m0/s1. The van der Waals surface area contributed by atoms with Crippen molar-refractivity contribution in [3.05, 3.63) is 101 Å². The predicted molar refractivity (Wildman–Crippen MR) is 122 cm³/mol.